The van der Waals surface area contributed by atoms with Crippen molar-refractivity contribution < 1.29 is 0 Å². The van der Waals surface area contributed by atoms with Gasteiger partial charge in [-0.25, -0.2) is 4.98 Å². The van der Waals surface area contributed by atoms with Crippen molar-refractivity contribution in [3.8, 4) is 0 Å². The van der Waals surface area contributed by atoms with Gasteiger partial charge in [-0.05, 0) is 34.2 Å². The molecule has 20 heavy (non-hydrogen) atoms. The second-order valence-corrected chi connectivity index (χ2v) is 7.49. The van der Waals surface area contributed by atoms with Crippen LogP contribution in [0.3, 0.4) is 0 Å². The molecule has 5 heteroatoms. The lowest BCUT2D eigenvalue weighted by Crippen LogP contribution is -2.53. The van der Waals surface area contributed by atoms with E-state index in [0.29, 0.717) is 0 Å². The Morgan fingerprint density at radius 3 is 2.40 bits per heavy atom. The predicted molar refractivity (Wildman–Crippen MR) is 87.8 cm³/mol. The summed E-state index contributed by atoms with van der Waals surface area (Å²) >= 11 is 1.85. The summed E-state index contributed by atoms with van der Waals surface area (Å²) in [7, 11) is 0. The number of thiazole rings is 1. The Labute approximate surface area is 127 Å². The van der Waals surface area contributed by atoms with E-state index in [1.165, 1.54) is 15.7 Å². The van der Waals surface area contributed by atoms with E-state index in [1.54, 1.807) is 0 Å². The van der Waals surface area contributed by atoms with E-state index in [9.17, 15) is 0 Å². The van der Waals surface area contributed by atoms with Gasteiger partial charge >= 0.3 is 0 Å². The molecular formula is C15H28N4S. The molecule has 4 nitrogen and oxygen atoms in total. The molecule has 0 spiro atoms. The van der Waals surface area contributed by atoms with Crippen LogP contribution in [0, 0.1) is 6.92 Å². The first-order chi connectivity index (χ1) is 9.41. The third-order valence-electron chi connectivity index (χ3n) is 3.92. The lowest BCUT2D eigenvalue weighted by atomic mass is 10.1. The molecule has 0 aromatic carbocycles. The van der Waals surface area contributed by atoms with Crippen molar-refractivity contribution in [1.82, 2.24) is 15.2 Å². The maximum atomic E-state index is 4.76. The Morgan fingerprint density at radius 1 is 1.20 bits per heavy atom. The third kappa shape index (κ3) is 3.71. The van der Waals surface area contributed by atoms with Crippen molar-refractivity contribution in [3.05, 3.63) is 10.6 Å². The van der Waals surface area contributed by atoms with Gasteiger partial charge in [-0.2, -0.15) is 0 Å². The van der Waals surface area contributed by atoms with Crippen LogP contribution in [0.1, 0.15) is 38.3 Å². The quantitative estimate of drug-likeness (QED) is 0.925. The monoisotopic (exact) mass is 296 g/mol. The molecule has 1 aromatic rings. The first kappa shape index (κ1) is 15.7. The van der Waals surface area contributed by atoms with Gasteiger partial charge < -0.3 is 10.2 Å². The van der Waals surface area contributed by atoms with Crippen molar-refractivity contribution in [1.29, 1.82) is 0 Å². The Kier molecular flexibility index (Phi) is 5.04. The molecule has 1 aromatic heterocycles. The van der Waals surface area contributed by atoms with Crippen LogP contribution in [-0.4, -0.2) is 48.1 Å². The molecule has 0 saturated carbocycles. The van der Waals surface area contributed by atoms with E-state index in [0.717, 1.165) is 39.3 Å². The molecule has 1 N–H and O–H groups in total. The average Bonchev–Trinajstić information content (AvgIpc) is 2.77. The fraction of sp³-hybridized carbons (Fsp3) is 0.800. The second kappa shape index (κ2) is 6.41. The van der Waals surface area contributed by atoms with Crippen molar-refractivity contribution in [2.75, 3.05) is 37.6 Å². The summed E-state index contributed by atoms with van der Waals surface area (Å²) in [4.78, 5) is 11.1. The summed E-state index contributed by atoms with van der Waals surface area (Å²) in [6, 6.07) is 0. The number of nitrogens with one attached hydrogen (secondary N) is 1. The Bertz CT molecular complexity index is 428. The number of anilines is 1. The molecule has 1 aliphatic rings. The molecule has 1 fully saturated rings. The van der Waals surface area contributed by atoms with E-state index >= 15 is 0 Å². The maximum absolute atomic E-state index is 4.76. The van der Waals surface area contributed by atoms with Gasteiger partial charge in [0.2, 0.25) is 0 Å². The minimum atomic E-state index is 0.279. The molecule has 0 unspecified atom stereocenters. The normalized spacial score (nSPS) is 17.8. The molecule has 2 heterocycles. The molecule has 0 amide bonds. The smallest absolute Gasteiger partial charge is 0.185 e. The van der Waals surface area contributed by atoms with Crippen molar-refractivity contribution in [2.24, 2.45) is 0 Å². The largest absolute Gasteiger partial charge is 0.346 e. The summed E-state index contributed by atoms with van der Waals surface area (Å²) in [5, 5.41) is 4.59. The highest BCUT2D eigenvalue weighted by atomic mass is 32.1. The fourth-order valence-electron chi connectivity index (χ4n) is 2.52. The highest BCUT2D eigenvalue weighted by Gasteiger charge is 2.27. The summed E-state index contributed by atoms with van der Waals surface area (Å²) in [5.74, 6) is 0. The van der Waals surface area contributed by atoms with Crippen LogP contribution in [0.5, 0.6) is 0 Å². The molecule has 1 aliphatic heterocycles. The zero-order chi connectivity index (χ0) is 14.8. The zero-order valence-electron chi connectivity index (χ0n) is 13.5. The summed E-state index contributed by atoms with van der Waals surface area (Å²) in [5.41, 5.74) is 1.46. The maximum Gasteiger partial charge on any atom is 0.185 e. The summed E-state index contributed by atoms with van der Waals surface area (Å²) in [6.45, 7) is 17.5. The van der Waals surface area contributed by atoms with Crippen LogP contribution < -0.4 is 10.2 Å². The van der Waals surface area contributed by atoms with E-state index in [2.05, 4.69) is 49.7 Å². The molecule has 114 valence electrons. The minimum Gasteiger partial charge on any atom is -0.346 e. The molecule has 2 rings (SSSR count). The predicted octanol–water partition coefficient (Wildman–Crippen LogP) is 2.48. The number of hydrogen-bond donors (Lipinski definition) is 1. The number of rotatable bonds is 4. The highest BCUT2D eigenvalue weighted by Crippen LogP contribution is 2.27. The highest BCUT2D eigenvalue weighted by molar-refractivity contribution is 7.15. The summed E-state index contributed by atoms with van der Waals surface area (Å²) in [6.07, 6.45) is 0. The molecule has 0 bridgehead atoms. The number of piperazine rings is 1. The van der Waals surface area contributed by atoms with E-state index in [1.807, 2.05) is 11.3 Å². The van der Waals surface area contributed by atoms with Crippen molar-refractivity contribution in [2.45, 2.75) is 46.7 Å². The van der Waals surface area contributed by atoms with Crippen molar-refractivity contribution in [3.63, 3.8) is 0 Å². The average molecular weight is 296 g/mol. The molecule has 0 aliphatic carbocycles. The van der Waals surface area contributed by atoms with Gasteiger partial charge in [-0.1, -0.05) is 6.92 Å². The number of aryl methyl sites for hydroxylation is 1. The van der Waals surface area contributed by atoms with Crippen LogP contribution in [0.2, 0.25) is 0 Å². The van der Waals surface area contributed by atoms with E-state index in [4.69, 9.17) is 4.98 Å². The lowest BCUT2D eigenvalue weighted by molar-refractivity contribution is 0.128. The van der Waals surface area contributed by atoms with Crippen molar-refractivity contribution >= 4 is 16.5 Å². The van der Waals surface area contributed by atoms with Gasteiger partial charge in [-0.3, -0.25) is 4.90 Å². The van der Waals surface area contributed by atoms with Crippen LogP contribution in [0.15, 0.2) is 0 Å². The SMILES string of the molecule is CCNCc1sc(N2CCN(C(C)(C)C)CC2)nc1C. The molecule has 0 radical (unpaired) electrons. The fourth-order valence-corrected chi connectivity index (χ4v) is 3.60. The Balaban J connectivity index is 1.97. The lowest BCUT2D eigenvalue weighted by Gasteiger charge is -2.42. The number of aromatic nitrogens is 1. The number of hydrogen-bond acceptors (Lipinski definition) is 5. The van der Waals surface area contributed by atoms with Gasteiger partial charge in [0.15, 0.2) is 5.13 Å². The van der Waals surface area contributed by atoms with Gasteiger partial charge in [0, 0.05) is 43.1 Å². The second-order valence-electron chi connectivity index (χ2n) is 6.43. The van der Waals surface area contributed by atoms with Crippen LogP contribution in [0.25, 0.3) is 0 Å². The standard InChI is InChI=1S/C15H28N4S/c1-6-16-11-13-12(2)17-14(20-13)18-7-9-19(10-8-18)15(3,4)5/h16H,6-11H2,1-5H3. The Hall–Kier alpha value is -0.650. The van der Waals surface area contributed by atoms with E-state index in [-0.39, 0.29) is 5.54 Å². The zero-order valence-corrected chi connectivity index (χ0v) is 14.3. The van der Waals surface area contributed by atoms with Crippen LogP contribution in [-0.2, 0) is 6.54 Å². The van der Waals surface area contributed by atoms with E-state index < -0.39 is 0 Å². The van der Waals surface area contributed by atoms with Gasteiger partial charge in [-0.15, -0.1) is 11.3 Å². The topological polar surface area (TPSA) is 31.4 Å². The Morgan fingerprint density at radius 2 is 1.85 bits per heavy atom. The van der Waals surface area contributed by atoms with Gasteiger partial charge in [0.1, 0.15) is 0 Å². The first-order valence-electron chi connectivity index (χ1n) is 7.59. The minimum absolute atomic E-state index is 0.279. The molecular weight excluding hydrogens is 268 g/mol. The number of nitrogens with zero attached hydrogens (tertiary/aromatic N) is 3. The van der Waals surface area contributed by atoms with Crippen LogP contribution >= 0.6 is 11.3 Å². The molecule has 1 saturated heterocycles. The summed E-state index contributed by atoms with van der Waals surface area (Å²) < 4.78 is 0. The van der Waals surface area contributed by atoms with Gasteiger partial charge in [0.05, 0.1) is 5.69 Å². The first-order valence-corrected chi connectivity index (χ1v) is 8.40. The van der Waals surface area contributed by atoms with Gasteiger partial charge in [0.25, 0.3) is 0 Å². The molecule has 0 atom stereocenters. The van der Waals surface area contributed by atoms with Crippen LogP contribution in [0.4, 0.5) is 5.13 Å². The third-order valence-corrected chi connectivity index (χ3v) is 5.13.